The number of sulfone groups is 1. The van der Waals surface area contributed by atoms with Gasteiger partial charge in [-0.25, -0.2) is 8.42 Å². The van der Waals surface area contributed by atoms with Gasteiger partial charge in [-0.1, -0.05) is 36.4 Å². The van der Waals surface area contributed by atoms with E-state index in [-0.39, 0.29) is 10.5 Å². The zero-order valence-electron chi connectivity index (χ0n) is 12.3. The molecule has 1 amide bonds. The van der Waals surface area contributed by atoms with Crippen LogP contribution in [0.2, 0.25) is 0 Å². The van der Waals surface area contributed by atoms with Crippen LogP contribution in [0.4, 0.5) is 0 Å². The fraction of sp³-hybridized carbons (Fsp3) is 0.188. The minimum absolute atomic E-state index is 0.119. The highest BCUT2D eigenvalue weighted by molar-refractivity contribution is 7.90. The summed E-state index contributed by atoms with van der Waals surface area (Å²) in [5, 5.41) is 10.9. The van der Waals surface area contributed by atoms with Gasteiger partial charge in [0.2, 0.25) is 0 Å². The largest absolute Gasteiger partial charge is 0.372 e. The zero-order valence-corrected chi connectivity index (χ0v) is 13.1. The van der Waals surface area contributed by atoms with E-state index in [9.17, 15) is 18.3 Å². The molecule has 0 saturated heterocycles. The number of benzene rings is 2. The average Bonchev–Trinajstić information content (AvgIpc) is 2.46. The molecule has 5 nitrogen and oxygen atoms in total. The maximum atomic E-state index is 11.9. The lowest BCUT2D eigenvalue weighted by Crippen LogP contribution is -2.42. The Hall–Kier alpha value is -2.18. The first kappa shape index (κ1) is 16.2. The van der Waals surface area contributed by atoms with Gasteiger partial charge in [0.15, 0.2) is 15.4 Å². The second-order valence-electron chi connectivity index (χ2n) is 5.19. The third-order valence-electron chi connectivity index (χ3n) is 3.56. The van der Waals surface area contributed by atoms with Gasteiger partial charge in [0.1, 0.15) is 0 Å². The molecule has 2 aromatic rings. The minimum atomic E-state index is -3.37. The topological polar surface area (TPSA) is 97.5 Å². The number of hydrogen-bond acceptors (Lipinski definition) is 4. The van der Waals surface area contributed by atoms with E-state index in [1.807, 2.05) is 0 Å². The molecule has 2 aromatic carbocycles. The van der Waals surface area contributed by atoms with Crippen LogP contribution in [0.3, 0.4) is 0 Å². The first-order valence-electron chi connectivity index (χ1n) is 6.56. The maximum absolute atomic E-state index is 11.9. The van der Waals surface area contributed by atoms with Crippen LogP contribution in [0, 0.1) is 6.92 Å². The van der Waals surface area contributed by atoms with Gasteiger partial charge in [-0.05, 0) is 30.2 Å². The third-order valence-corrected chi connectivity index (χ3v) is 4.67. The van der Waals surface area contributed by atoms with Gasteiger partial charge in [-0.15, -0.1) is 0 Å². The van der Waals surface area contributed by atoms with Crippen LogP contribution in [-0.4, -0.2) is 25.7 Å². The van der Waals surface area contributed by atoms with Crippen molar-refractivity contribution in [3.05, 3.63) is 65.2 Å². The molecule has 0 bridgehead atoms. The fourth-order valence-electron chi connectivity index (χ4n) is 2.38. The van der Waals surface area contributed by atoms with E-state index in [0.717, 1.165) is 6.26 Å². The molecule has 0 heterocycles. The van der Waals surface area contributed by atoms with Crippen LogP contribution in [0.1, 0.15) is 16.7 Å². The molecule has 0 aliphatic carbocycles. The number of hydrogen-bond donors (Lipinski definition) is 2. The van der Waals surface area contributed by atoms with Crippen LogP contribution < -0.4 is 5.73 Å². The van der Waals surface area contributed by atoms with Gasteiger partial charge in [-0.2, -0.15) is 0 Å². The number of aliphatic hydroxyl groups is 1. The Morgan fingerprint density at radius 3 is 2.18 bits per heavy atom. The average molecular weight is 319 g/mol. The van der Waals surface area contributed by atoms with Crippen molar-refractivity contribution in [2.45, 2.75) is 17.4 Å². The number of carbonyl (C=O) groups is 1. The van der Waals surface area contributed by atoms with Gasteiger partial charge in [-0.3, -0.25) is 4.79 Å². The van der Waals surface area contributed by atoms with Crippen LogP contribution in [0.15, 0.2) is 53.4 Å². The van der Waals surface area contributed by atoms with Crippen molar-refractivity contribution in [2.75, 3.05) is 6.26 Å². The molecule has 116 valence electrons. The molecule has 1 unspecified atom stereocenters. The summed E-state index contributed by atoms with van der Waals surface area (Å²) in [6, 6.07) is 12.5. The molecule has 0 radical (unpaired) electrons. The Morgan fingerprint density at radius 2 is 1.73 bits per heavy atom. The molecular formula is C16H17NO4S. The maximum Gasteiger partial charge on any atom is 0.258 e. The van der Waals surface area contributed by atoms with E-state index in [0.29, 0.717) is 11.1 Å². The van der Waals surface area contributed by atoms with Crippen molar-refractivity contribution in [2.24, 2.45) is 5.73 Å². The zero-order chi connectivity index (χ0) is 16.5. The minimum Gasteiger partial charge on any atom is -0.372 e. The van der Waals surface area contributed by atoms with E-state index < -0.39 is 21.3 Å². The van der Waals surface area contributed by atoms with Gasteiger partial charge < -0.3 is 10.8 Å². The summed E-state index contributed by atoms with van der Waals surface area (Å²) in [6.45, 7) is 1.63. The molecule has 2 rings (SSSR count). The van der Waals surface area contributed by atoms with E-state index >= 15 is 0 Å². The van der Waals surface area contributed by atoms with Crippen molar-refractivity contribution in [1.82, 2.24) is 0 Å². The Morgan fingerprint density at radius 1 is 1.14 bits per heavy atom. The fourth-order valence-corrected chi connectivity index (χ4v) is 3.09. The first-order valence-corrected chi connectivity index (χ1v) is 8.45. The number of rotatable bonds is 4. The second kappa shape index (κ2) is 5.55. The van der Waals surface area contributed by atoms with Crippen LogP contribution >= 0.6 is 0 Å². The van der Waals surface area contributed by atoms with Gasteiger partial charge in [0.25, 0.3) is 5.91 Å². The summed E-state index contributed by atoms with van der Waals surface area (Å²) >= 11 is 0. The van der Waals surface area contributed by atoms with Crippen LogP contribution in [0.5, 0.6) is 0 Å². The van der Waals surface area contributed by atoms with Crippen LogP contribution in [-0.2, 0) is 20.2 Å². The SMILES string of the molecule is Cc1cc(S(C)(=O)=O)ccc1C(O)(C(N)=O)c1ccccc1. The van der Waals surface area contributed by atoms with E-state index in [4.69, 9.17) is 5.73 Å². The lowest BCUT2D eigenvalue weighted by Gasteiger charge is -2.27. The quantitative estimate of drug-likeness (QED) is 0.882. The predicted molar refractivity (Wildman–Crippen MR) is 82.9 cm³/mol. The molecule has 0 aliphatic heterocycles. The van der Waals surface area contributed by atoms with Crippen molar-refractivity contribution in [3.63, 3.8) is 0 Å². The second-order valence-corrected chi connectivity index (χ2v) is 7.21. The summed E-state index contributed by atoms with van der Waals surface area (Å²) in [7, 11) is -3.37. The molecule has 0 saturated carbocycles. The monoisotopic (exact) mass is 319 g/mol. The summed E-state index contributed by atoms with van der Waals surface area (Å²) in [5.74, 6) is -0.922. The van der Waals surface area contributed by atoms with E-state index in [1.54, 1.807) is 37.3 Å². The first-order chi connectivity index (χ1) is 10.2. The standard InChI is InChI=1S/C16H17NO4S/c1-11-10-13(22(2,20)21)8-9-14(11)16(19,15(17)18)12-6-4-3-5-7-12/h3-10,19H,1-2H3,(H2,17,18). The van der Waals surface area contributed by atoms with E-state index in [2.05, 4.69) is 0 Å². The molecule has 3 N–H and O–H groups in total. The summed E-state index contributed by atoms with van der Waals surface area (Å²) in [5.41, 5.74) is 4.47. The Balaban J connectivity index is 2.68. The number of primary amides is 1. The van der Waals surface area contributed by atoms with Gasteiger partial charge in [0.05, 0.1) is 4.90 Å². The third kappa shape index (κ3) is 2.75. The molecule has 1 atom stereocenters. The lowest BCUT2D eigenvalue weighted by molar-refractivity contribution is -0.133. The molecule has 0 aliphatic rings. The number of aryl methyl sites for hydroxylation is 1. The Bertz CT molecular complexity index is 815. The Labute approximate surface area is 129 Å². The number of carbonyl (C=O) groups excluding carboxylic acids is 1. The molecule has 0 fully saturated rings. The predicted octanol–water partition coefficient (Wildman–Crippen LogP) is 1.12. The highest BCUT2D eigenvalue weighted by Crippen LogP contribution is 2.32. The summed E-state index contributed by atoms with van der Waals surface area (Å²) < 4.78 is 23.2. The number of nitrogens with two attached hydrogens (primary N) is 1. The van der Waals surface area contributed by atoms with Crippen molar-refractivity contribution in [1.29, 1.82) is 0 Å². The molecule has 22 heavy (non-hydrogen) atoms. The summed E-state index contributed by atoms with van der Waals surface area (Å²) in [6.07, 6.45) is 1.10. The normalized spacial score (nSPS) is 14.3. The smallest absolute Gasteiger partial charge is 0.258 e. The van der Waals surface area contributed by atoms with Crippen molar-refractivity contribution < 1.29 is 18.3 Å². The van der Waals surface area contributed by atoms with Crippen molar-refractivity contribution in [3.8, 4) is 0 Å². The summed E-state index contributed by atoms with van der Waals surface area (Å²) in [4.78, 5) is 12.0. The molecule has 6 heteroatoms. The molecule has 0 aromatic heterocycles. The molecular weight excluding hydrogens is 302 g/mol. The van der Waals surface area contributed by atoms with Crippen LogP contribution in [0.25, 0.3) is 0 Å². The highest BCUT2D eigenvalue weighted by Gasteiger charge is 2.39. The lowest BCUT2D eigenvalue weighted by atomic mass is 9.83. The van der Waals surface area contributed by atoms with Crippen molar-refractivity contribution >= 4 is 15.7 Å². The Kier molecular flexibility index (Phi) is 4.08. The molecule has 0 spiro atoms. The van der Waals surface area contributed by atoms with Gasteiger partial charge in [0, 0.05) is 11.8 Å². The van der Waals surface area contributed by atoms with E-state index in [1.165, 1.54) is 18.2 Å². The number of amides is 1. The highest BCUT2D eigenvalue weighted by atomic mass is 32.2. The van der Waals surface area contributed by atoms with Gasteiger partial charge >= 0.3 is 0 Å².